The van der Waals surface area contributed by atoms with E-state index in [2.05, 4.69) is 24.1 Å². The lowest BCUT2D eigenvalue weighted by atomic mass is 10.2. The highest BCUT2D eigenvalue weighted by molar-refractivity contribution is 7.09. The highest BCUT2D eigenvalue weighted by Gasteiger charge is 2.22. The van der Waals surface area contributed by atoms with Crippen LogP contribution in [0.3, 0.4) is 0 Å². The SMILES string of the molecule is CCC(NCC1CCC(C)O1)c1nccs1. The molecule has 0 aliphatic carbocycles. The zero-order valence-electron chi connectivity index (χ0n) is 9.98. The maximum atomic E-state index is 5.79. The van der Waals surface area contributed by atoms with Crippen molar-refractivity contribution in [2.75, 3.05) is 6.54 Å². The molecule has 0 bridgehead atoms. The Morgan fingerprint density at radius 1 is 1.62 bits per heavy atom. The molecule has 1 saturated heterocycles. The Kier molecular flexibility index (Phi) is 4.32. The molecule has 3 atom stereocenters. The Balaban J connectivity index is 1.79. The number of nitrogens with zero attached hydrogens (tertiary/aromatic N) is 1. The van der Waals surface area contributed by atoms with Gasteiger partial charge in [0.2, 0.25) is 0 Å². The van der Waals surface area contributed by atoms with Gasteiger partial charge in [-0.15, -0.1) is 11.3 Å². The summed E-state index contributed by atoms with van der Waals surface area (Å²) in [5.41, 5.74) is 0. The predicted molar refractivity (Wildman–Crippen MR) is 66.7 cm³/mol. The van der Waals surface area contributed by atoms with Crippen LogP contribution >= 0.6 is 11.3 Å². The summed E-state index contributed by atoms with van der Waals surface area (Å²) in [5, 5.41) is 6.78. The van der Waals surface area contributed by atoms with Gasteiger partial charge in [-0.2, -0.15) is 0 Å². The van der Waals surface area contributed by atoms with Crippen LogP contribution in [-0.4, -0.2) is 23.7 Å². The molecule has 2 heterocycles. The van der Waals surface area contributed by atoms with E-state index in [9.17, 15) is 0 Å². The lowest BCUT2D eigenvalue weighted by Crippen LogP contribution is -2.30. The fourth-order valence-corrected chi connectivity index (χ4v) is 2.92. The quantitative estimate of drug-likeness (QED) is 0.859. The summed E-state index contributed by atoms with van der Waals surface area (Å²) in [6.07, 6.45) is 6.16. The average molecular weight is 240 g/mol. The van der Waals surface area contributed by atoms with Gasteiger partial charge in [0, 0.05) is 18.1 Å². The van der Waals surface area contributed by atoms with Crippen molar-refractivity contribution in [2.45, 2.75) is 51.4 Å². The zero-order chi connectivity index (χ0) is 11.4. The van der Waals surface area contributed by atoms with Crippen LogP contribution in [0, 0.1) is 0 Å². The van der Waals surface area contributed by atoms with Crippen LogP contribution < -0.4 is 5.32 Å². The average Bonchev–Trinajstić information content (AvgIpc) is 2.91. The number of hydrogen-bond acceptors (Lipinski definition) is 4. The third-order valence-electron chi connectivity index (χ3n) is 3.07. The number of rotatable bonds is 5. The highest BCUT2D eigenvalue weighted by atomic mass is 32.1. The lowest BCUT2D eigenvalue weighted by Gasteiger charge is -2.18. The summed E-state index contributed by atoms with van der Waals surface area (Å²) in [6, 6.07) is 0.388. The standard InChI is InChI=1S/C12H20N2OS/c1-3-11(12-13-6-7-16-12)14-8-10-5-4-9(2)15-10/h6-7,9-11,14H,3-5,8H2,1-2H3. The van der Waals surface area contributed by atoms with Crippen LogP contribution in [0.1, 0.15) is 44.2 Å². The third kappa shape index (κ3) is 3.03. The lowest BCUT2D eigenvalue weighted by molar-refractivity contribution is 0.0542. The van der Waals surface area contributed by atoms with Gasteiger partial charge in [0.05, 0.1) is 18.2 Å². The molecule has 0 amide bonds. The molecule has 1 N–H and O–H groups in total. The highest BCUT2D eigenvalue weighted by Crippen LogP contribution is 2.22. The number of hydrogen-bond donors (Lipinski definition) is 1. The van der Waals surface area contributed by atoms with E-state index in [4.69, 9.17) is 4.74 Å². The Hall–Kier alpha value is -0.450. The molecule has 1 aliphatic rings. The van der Waals surface area contributed by atoms with Gasteiger partial charge >= 0.3 is 0 Å². The minimum absolute atomic E-state index is 0.388. The van der Waals surface area contributed by atoms with E-state index in [0.29, 0.717) is 18.2 Å². The minimum Gasteiger partial charge on any atom is -0.374 e. The van der Waals surface area contributed by atoms with E-state index in [-0.39, 0.29) is 0 Å². The number of nitrogens with one attached hydrogen (secondary N) is 1. The van der Waals surface area contributed by atoms with Crippen LogP contribution in [0.4, 0.5) is 0 Å². The van der Waals surface area contributed by atoms with Gasteiger partial charge in [-0.1, -0.05) is 6.92 Å². The molecular formula is C12H20N2OS. The molecule has 16 heavy (non-hydrogen) atoms. The molecule has 0 aromatic carbocycles. The first-order chi connectivity index (χ1) is 7.79. The number of thiazole rings is 1. The van der Waals surface area contributed by atoms with Crippen LogP contribution in [0.2, 0.25) is 0 Å². The fourth-order valence-electron chi connectivity index (χ4n) is 2.12. The first-order valence-corrected chi connectivity index (χ1v) is 6.95. The molecule has 1 fully saturated rings. The van der Waals surface area contributed by atoms with Crippen molar-refractivity contribution in [2.24, 2.45) is 0 Å². The van der Waals surface area contributed by atoms with Crippen molar-refractivity contribution in [1.29, 1.82) is 0 Å². The maximum Gasteiger partial charge on any atom is 0.109 e. The van der Waals surface area contributed by atoms with Crippen molar-refractivity contribution >= 4 is 11.3 Å². The van der Waals surface area contributed by atoms with Crippen molar-refractivity contribution in [1.82, 2.24) is 10.3 Å². The summed E-state index contributed by atoms with van der Waals surface area (Å²) < 4.78 is 5.79. The molecule has 2 rings (SSSR count). The van der Waals surface area contributed by atoms with Crippen LogP contribution in [-0.2, 0) is 4.74 Å². The van der Waals surface area contributed by atoms with Crippen molar-refractivity contribution in [3.8, 4) is 0 Å². The summed E-state index contributed by atoms with van der Waals surface area (Å²) in [7, 11) is 0. The predicted octanol–water partition coefficient (Wildman–Crippen LogP) is 2.75. The zero-order valence-corrected chi connectivity index (χ0v) is 10.8. The van der Waals surface area contributed by atoms with Gasteiger partial charge in [-0.05, 0) is 26.2 Å². The Morgan fingerprint density at radius 2 is 2.50 bits per heavy atom. The summed E-state index contributed by atoms with van der Waals surface area (Å²) in [5.74, 6) is 0. The first-order valence-electron chi connectivity index (χ1n) is 6.07. The second-order valence-corrected chi connectivity index (χ2v) is 5.31. The smallest absolute Gasteiger partial charge is 0.109 e. The molecule has 0 saturated carbocycles. The van der Waals surface area contributed by atoms with Crippen LogP contribution in [0.25, 0.3) is 0 Å². The minimum atomic E-state index is 0.388. The van der Waals surface area contributed by atoms with Crippen molar-refractivity contribution < 1.29 is 4.74 Å². The first kappa shape index (κ1) is 12.0. The fraction of sp³-hybridized carbons (Fsp3) is 0.750. The van der Waals surface area contributed by atoms with Crippen molar-refractivity contribution in [3.63, 3.8) is 0 Å². The molecule has 3 nitrogen and oxygen atoms in total. The topological polar surface area (TPSA) is 34.1 Å². The van der Waals surface area contributed by atoms with E-state index in [1.54, 1.807) is 11.3 Å². The van der Waals surface area contributed by atoms with E-state index in [1.165, 1.54) is 17.8 Å². The van der Waals surface area contributed by atoms with Gasteiger partial charge in [0.15, 0.2) is 0 Å². The second-order valence-electron chi connectivity index (χ2n) is 4.39. The molecule has 4 heteroatoms. The Morgan fingerprint density at radius 3 is 3.06 bits per heavy atom. The van der Waals surface area contributed by atoms with E-state index in [0.717, 1.165) is 13.0 Å². The van der Waals surface area contributed by atoms with Gasteiger partial charge < -0.3 is 10.1 Å². The largest absolute Gasteiger partial charge is 0.374 e. The summed E-state index contributed by atoms with van der Waals surface area (Å²) in [6.45, 7) is 5.29. The molecule has 3 unspecified atom stereocenters. The number of ether oxygens (including phenoxy) is 1. The van der Waals surface area contributed by atoms with Crippen LogP contribution in [0.5, 0.6) is 0 Å². The molecule has 90 valence electrons. The maximum absolute atomic E-state index is 5.79. The van der Waals surface area contributed by atoms with E-state index in [1.807, 2.05) is 11.6 Å². The van der Waals surface area contributed by atoms with Gasteiger partial charge in [-0.3, -0.25) is 0 Å². The van der Waals surface area contributed by atoms with Crippen LogP contribution in [0.15, 0.2) is 11.6 Å². The van der Waals surface area contributed by atoms with E-state index >= 15 is 0 Å². The molecular weight excluding hydrogens is 220 g/mol. The molecule has 0 spiro atoms. The van der Waals surface area contributed by atoms with Crippen molar-refractivity contribution in [3.05, 3.63) is 16.6 Å². The Labute approximate surface area is 101 Å². The molecule has 0 radical (unpaired) electrons. The molecule has 1 aromatic rings. The van der Waals surface area contributed by atoms with E-state index < -0.39 is 0 Å². The monoisotopic (exact) mass is 240 g/mol. The van der Waals surface area contributed by atoms with Gasteiger partial charge in [0.25, 0.3) is 0 Å². The van der Waals surface area contributed by atoms with Gasteiger partial charge in [0.1, 0.15) is 5.01 Å². The summed E-state index contributed by atoms with van der Waals surface area (Å²) in [4.78, 5) is 4.36. The van der Waals surface area contributed by atoms with Gasteiger partial charge in [-0.25, -0.2) is 4.98 Å². The normalized spacial score (nSPS) is 27.1. The molecule has 1 aliphatic heterocycles. The third-order valence-corrected chi connectivity index (χ3v) is 3.96. The molecule has 1 aromatic heterocycles. The Bertz CT molecular complexity index is 302. The summed E-state index contributed by atoms with van der Waals surface area (Å²) >= 11 is 1.72. The number of aromatic nitrogens is 1. The second kappa shape index (κ2) is 5.75.